The maximum Gasteiger partial charge on any atom is 0.329 e. The van der Waals surface area contributed by atoms with Crippen molar-refractivity contribution in [2.45, 2.75) is 44.4 Å². The van der Waals surface area contributed by atoms with Crippen LogP contribution >= 0.6 is 0 Å². The number of amides is 1. The molecule has 1 aliphatic rings. The molecular formula is C18H25NO4. The molecule has 1 amide bonds. The van der Waals surface area contributed by atoms with Crippen LogP contribution in [0.1, 0.15) is 43.2 Å². The third-order valence-corrected chi connectivity index (χ3v) is 4.47. The first-order valence-corrected chi connectivity index (χ1v) is 8.19. The quantitative estimate of drug-likeness (QED) is 0.757. The van der Waals surface area contributed by atoms with E-state index in [-0.39, 0.29) is 19.1 Å². The van der Waals surface area contributed by atoms with E-state index in [0.29, 0.717) is 6.54 Å². The predicted molar refractivity (Wildman–Crippen MR) is 87.4 cm³/mol. The van der Waals surface area contributed by atoms with Crippen LogP contribution < -0.4 is 5.32 Å². The van der Waals surface area contributed by atoms with Gasteiger partial charge in [0.25, 0.3) is 0 Å². The van der Waals surface area contributed by atoms with E-state index < -0.39 is 11.4 Å². The average molecular weight is 319 g/mol. The third kappa shape index (κ3) is 4.55. The van der Waals surface area contributed by atoms with Crippen molar-refractivity contribution in [3.63, 3.8) is 0 Å². The van der Waals surface area contributed by atoms with Crippen molar-refractivity contribution in [3.8, 4) is 0 Å². The van der Waals surface area contributed by atoms with Crippen LogP contribution in [0, 0.1) is 6.92 Å². The third-order valence-electron chi connectivity index (χ3n) is 4.47. The van der Waals surface area contributed by atoms with Crippen LogP contribution in [0.2, 0.25) is 0 Å². The number of aliphatic carboxylic acids is 1. The second-order valence-corrected chi connectivity index (χ2v) is 6.21. The van der Waals surface area contributed by atoms with E-state index in [9.17, 15) is 9.59 Å². The van der Waals surface area contributed by atoms with Crippen molar-refractivity contribution in [1.29, 1.82) is 0 Å². The second-order valence-electron chi connectivity index (χ2n) is 6.21. The molecule has 1 fully saturated rings. The molecule has 0 spiro atoms. The number of carboxylic acids is 1. The van der Waals surface area contributed by atoms with E-state index in [0.717, 1.165) is 36.8 Å². The first-order valence-electron chi connectivity index (χ1n) is 8.19. The van der Waals surface area contributed by atoms with Crippen molar-refractivity contribution < 1.29 is 19.4 Å². The Kier molecular flexibility index (Phi) is 6.16. The fourth-order valence-electron chi connectivity index (χ4n) is 3.31. The van der Waals surface area contributed by atoms with Crippen molar-refractivity contribution in [2.75, 3.05) is 19.8 Å². The lowest BCUT2D eigenvalue weighted by Gasteiger charge is -2.36. The normalized spacial score (nSPS) is 16.7. The lowest BCUT2D eigenvalue weighted by molar-refractivity contribution is -0.142. The summed E-state index contributed by atoms with van der Waals surface area (Å²) >= 11 is 0. The Morgan fingerprint density at radius 3 is 2.65 bits per heavy atom. The number of aryl methyl sites for hydroxylation is 1. The monoisotopic (exact) mass is 319 g/mol. The minimum Gasteiger partial charge on any atom is -0.480 e. The van der Waals surface area contributed by atoms with Gasteiger partial charge in [0.15, 0.2) is 0 Å². The van der Waals surface area contributed by atoms with Gasteiger partial charge in [-0.3, -0.25) is 4.79 Å². The number of carbonyl (C=O) groups is 2. The standard InChI is InChI=1S/C18H25NO4/c1-14-6-5-7-15(12-14)18(8-3-2-4-9-18)17(22)19-10-11-23-13-16(20)21/h5-7,12H,2-4,8-11,13H2,1H3,(H,19,22)(H,20,21). The smallest absolute Gasteiger partial charge is 0.329 e. The van der Waals surface area contributed by atoms with Gasteiger partial charge < -0.3 is 15.2 Å². The molecule has 5 heteroatoms. The highest BCUT2D eigenvalue weighted by Gasteiger charge is 2.40. The molecule has 0 aromatic heterocycles. The van der Waals surface area contributed by atoms with Crippen LogP contribution in [0.3, 0.4) is 0 Å². The maximum atomic E-state index is 12.8. The zero-order valence-electron chi connectivity index (χ0n) is 13.6. The van der Waals surface area contributed by atoms with Crippen LogP contribution in [0.5, 0.6) is 0 Å². The molecule has 0 aliphatic heterocycles. The SMILES string of the molecule is Cc1cccc(C2(C(=O)NCCOCC(=O)O)CCCCC2)c1. The van der Waals surface area contributed by atoms with Gasteiger partial charge in [0.1, 0.15) is 6.61 Å². The molecule has 0 saturated heterocycles. The number of hydrogen-bond acceptors (Lipinski definition) is 3. The Morgan fingerprint density at radius 1 is 1.26 bits per heavy atom. The lowest BCUT2D eigenvalue weighted by Crippen LogP contribution is -2.46. The molecular weight excluding hydrogens is 294 g/mol. The zero-order valence-corrected chi connectivity index (χ0v) is 13.6. The van der Waals surface area contributed by atoms with Crippen molar-refractivity contribution in [2.24, 2.45) is 0 Å². The Bertz CT molecular complexity index is 550. The summed E-state index contributed by atoms with van der Waals surface area (Å²) in [6.07, 6.45) is 4.99. The number of carbonyl (C=O) groups excluding carboxylic acids is 1. The van der Waals surface area contributed by atoms with Gasteiger partial charge in [-0.1, -0.05) is 49.1 Å². The van der Waals surface area contributed by atoms with Crippen molar-refractivity contribution in [1.82, 2.24) is 5.32 Å². The summed E-state index contributed by atoms with van der Waals surface area (Å²) in [7, 11) is 0. The summed E-state index contributed by atoms with van der Waals surface area (Å²) in [5.74, 6) is -0.971. The molecule has 1 aromatic carbocycles. The molecule has 0 bridgehead atoms. The number of rotatable bonds is 7. The van der Waals surface area contributed by atoms with Gasteiger partial charge in [0, 0.05) is 6.54 Å². The van der Waals surface area contributed by atoms with E-state index >= 15 is 0 Å². The first kappa shape index (κ1) is 17.5. The van der Waals surface area contributed by atoms with Crippen LogP contribution in [0.4, 0.5) is 0 Å². The van der Waals surface area contributed by atoms with Gasteiger partial charge in [0.2, 0.25) is 5.91 Å². The summed E-state index contributed by atoms with van der Waals surface area (Å²) < 4.78 is 4.98. The minimum atomic E-state index is -1.00. The highest BCUT2D eigenvalue weighted by Crippen LogP contribution is 2.40. The van der Waals surface area contributed by atoms with Gasteiger partial charge in [-0.05, 0) is 25.3 Å². The first-order chi connectivity index (χ1) is 11.0. The number of benzene rings is 1. The number of nitrogens with one attached hydrogen (secondary N) is 1. The molecule has 5 nitrogen and oxygen atoms in total. The molecule has 0 atom stereocenters. The molecule has 0 heterocycles. The summed E-state index contributed by atoms with van der Waals surface area (Å²) in [6, 6.07) is 8.19. The van der Waals surface area contributed by atoms with Gasteiger partial charge in [-0.25, -0.2) is 4.79 Å². The van der Waals surface area contributed by atoms with Crippen molar-refractivity contribution >= 4 is 11.9 Å². The Labute approximate surface area is 137 Å². The summed E-state index contributed by atoms with van der Waals surface area (Å²) in [5, 5.41) is 11.5. The van der Waals surface area contributed by atoms with E-state index in [1.165, 1.54) is 6.42 Å². The average Bonchev–Trinajstić information content (AvgIpc) is 2.54. The maximum absolute atomic E-state index is 12.8. The van der Waals surface area contributed by atoms with E-state index in [1.807, 2.05) is 25.1 Å². The van der Waals surface area contributed by atoms with Crippen LogP contribution in [-0.4, -0.2) is 36.7 Å². The summed E-state index contributed by atoms with van der Waals surface area (Å²) in [6.45, 7) is 2.25. The fourth-order valence-corrected chi connectivity index (χ4v) is 3.31. The van der Waals surface area contributed by atoms with Gasteiger partial charge in [-0.15, -0.1) is 0 Å². The number of ether oxygens (including phenoxy) is 1. The second kappa shape index (κ2) is 8.11. The minimum absolute atomic E-state index is 0.0294. The van der Waals surface area contributed by atoms with E-state index in [2.05, 4.69) is 11.4 Å². The number of carboxylic acid groups (broad SMARTS) is 1. The van der Waals surface area contributed by atoms with Gasteiger partial charge >= 0.3 is 5.97 Å². The Hall–Kier alpha value is -1.88. The molecule has 2 rings (SSSR count). The highest BCUT2D eigenvalue weighted by atomic mass is 16.5. The summed E-state index contributed by atoms with van der Waals surface area (Å²) in [5.41, 5.74) is 1.78. The molecule has 126 valence electrons. The molecule has 23 heavy (non-hydrogen) atoms. The molecule has 1 aromatic rings. The molecule has 0 unspecified atom stereocenters. The van der Waals surface area contributed by atoms with Crippen LogP contribution in [0.25, 0.3) is 0 Å². The molecule has 1 aliphatic carbocycles. The van der Waals surface area contributed by atoms with Crippen LogP contribution in [0.15, 0.2) is 24.3 Å². The molecule has 2 N–H and O–H groups in total. The zero-order chi connectivity index (χ0) is 16.7. The highest BCUT2D eigenvalue weighted by molar-refractivity contribution is 5.88. The van der Waals surface area contributed by atoms with Crippen LogP contribution in [-0.2, 0) is 19.7 Å². The molecule has 0 radical (unpaired) electrons. The molecule has 1 saturated carbocycles. The predicted octanol–water partition coefficient (Wildman–Crippen LogP) is 2.41. The Morgan fingerprint density at radius 2 is 2.00 bits per heavy atom. The van der Waals surface area contributed by atoms with E-state index in [4.69, 9.17) is 9.84 Å². The summed E-state index contributed by atoms with van der Waals surface area (Å²) in [4.78, 5) is 23.2. The largest absolute Gasteiger partial charge is 0.480 e. The topological polar surface area (TPSA) is 75.6 Å². The lowest BCUT2D eigenvalue weighted by atomic mass is 9.68. The fraction of sp³-hybridized carbons (Fsp3) is 0.556. The number of hydrogen-bond donors (Lipinski definition) is 2. The van der Waals surface area contributed by atoms with Crippen molar-refractivity contribution in [3.05, 3.63) is 35.4 Å². The van der Waals surface area contributed by atoms with Gasteiger partial charge in [-0.2, -0.15) is 0 Å². The Balaban J connectivity index is 2.03. The van der Waals surface area contributed by atoms with E-state index in [1.54, 1.807) is 0 Å². The van der Waals surface area contributed by atoms with Gasteiger partial charge in [0.05, 0.1) is 12.0 Å².